The molecule has 112 valence electrons. The molecule has 0 saturated heterocycles. The van der Waals surface area contributed by atoms with Crippen molar-refractivity contribution in [3.63, 3.8) is 0 Å². The van der Waals surface area contributed by atoms with Crippen LogP contribution in [0, 0.1) is 0 Å². The van der Waals surface area contributed by atoms with E-state index in [2.05, 4.69) is 31.0 Å². The summed E-state index contributed by atoms with van der Waals surface area (Å²) in [6.45, 7) is 7.46. The van der Waals surface area contributed by atoms with Gasteiger partial charge in [0, 0.05) is 36.8 Å². The van der Waals surface area contributed by atoms with Gasteiger partial charge in [0.05, 0.1) is 13.7 Å². The van der Waals surface area contributed by atoms with Gasteiger partial charge in [-0.3, -0.25) is 0 Å². The second kappa shape index (κ2) is 9.86. The molecule has 1 aromatic carbocycles. The minimum atomic E-state index is 0.320. The fourth-order valence-electron chi connectivity index (χ4n) is 1.97. The predicted octanol–water partition coefficient (Wildman–Crippen LogP) is 3.41. The smallest absolute Gasteiger partial charge is 0.124 e. The molecule has 20 heavy (non-hydrogen) atoms. The predicted molar refractivity (Wildman–Crippen MR) is 87.6 cm³/mol. The number of thioether (sulfide) groups is 1. The fourth-order valence-corrected chi connectivity index (χ4v) is 2.56. The van der Waals surface area contributed by atoms with Crippen LogP contribution in [0.4, 0.5) is 0 Å². The third-order valence-electron chi connectivity index (χ3n) is 3.04. The van der Waals surface area contributed by atoms with Crippen molar-refractivity contribution in [3.05, 3.63) is 42.0 Å². The Morgan fingerprint density at radius 2 is 2.20 bits per heavy atom. The fraction of sp³-hybridized carbons (Fsp3) is 0.500. The van der Waals surface area contributed by atoms with Gasteiger partial charge in [0.1, 0.15) is 5.75 Å². The third-order valence-corrected chi connectivity index (χ3v) is 4.00. The average Bonchev–Trinajstić information content (AvgIpc) is 2.47. The minimum absolute atomic E-state index is 0.320. The Hall–Kier alpha value is -0.970. The van der Waals surface area contributed by atoms with Crippen LogP contribution < -0.4 is 10.1 Å². The van der Waals surface area contributed by atoms with E-state index in [0.29, 0.717) is 12.6 Å². The summed E-state index contributed by atoms with van der Waals surface area (Å²) in [4.78, 5) is 0. The Bertz CT molecular complexity index is 409. The van der Waals surface area contributed by atoms with E-state index >= 15 is 0 Å². The number of hydrogen-bond donors (Lipinski definition) is 1. The van der Waals surface area contributed by atoms with Gasteiger partial charge in [0.2, 0.25) is 0 Å². The first-order chi connectivity index (χ1) is 9.72. The monoisotopic (exact) mass is 295 g/mol. The zero-order chi connectivity index (χ0) is 14.8. The highest BCUT2D eigenvalue weighted by molar-refractivity contribution is 7.99. The summed E-state index contributed by atoms with van der Waals surface area (Å²) in [7, 11) is 3.39. The maximum atomic E-state index is 5.34. The molecule has 0 radical (unpaired) electrons. The van der Waals surface area contributed by atoms with Gasteiger partial charge < -0.3 is 14.8 Å². The molecule has 0 spiro atoms. The van der Waals surface area contributed by atoms with Crippen LogP contribution in [0.5, 0.6) is 5.75 Å². The molecule has 0 aliphatic carbocycles. The van der Waals surface area contributed by atoms with Gasteiger partial charge in [-0.2, -0.15) is 11.8 Å². The molecule has 0 fully saturated rings. The molecular formula is C16H25NO2S. The molecule has 1 aromatic rings. The molecule has 1 unspecified atom stereocenters. The summed E-state index contributed by atoms with van der Waals surface area (Å²) in [6.07, 6.45) is 1.94. The number of benzene rings is 1. The molecule has 0 heterocycles. The van der Waals surface area contributed by atoms with Crippen molar-refractivity contribution < 1.29 is 9.47 Å². The van der Waals surface area contributed by atoms with E-state index in [9.17, 15) is 0 Å². The molecular weight excluding hydrogens is 270 g/mol. The maximum Gasteiger partial charge on any atom is 0.124 e. The highest BCUT2D eigenvalue weighted by Gasteiger charge is 2.09. The lowest BCUT2D eigenvalue weighted by Gasteiger charge is -2.16. The van der Waals surface area contributed by atoms with E-state index in [4.69, 9.17) is 9.47 Å². The second-order valence-electron chi connectivity index (χ2n) is 4.54. The zero-order valence-electron chi connectivity index (χ0n) is 12.6. The first-order valence-corrected chi connectivity index (χ1v) is 7.96. The van der Waals surface area contributed by atoms with Crippen LogP contribution in [0.2, 0.25) is 0 Å². The summed E-state index contributed by atoms with van der Waals surface area (Å²) in [5.41, 5.74) is 2.34. The Morgan fingerprint density at radius 1 is 1.40 bits per heavy atom. The van der Waals surface area contributed by atoms with E-state index in [-0.39, 0.29) is 0 Å². The Kier molecular flexibility index (Phi) is 8.42. The quantitative estimate of drug-likeness (QED) is 0.529. The summed E-state index contributed by atoms with van der Waals surface area (Å²) < 4.78 is 10.6. The van der Waals surface area contributed by atoms with Crippen molar-refractivity contribution >= 4 is 11.8 Å². The van der Waals surface area contributed by atoms with Crippen LogP contribution in [0.15, 0.2) is 30.9 Å². The summed E-state index contributed by atoms with van der Waals surface area (Å²) in [5.74, 6) is 2.98. The van der Waals surface area contributed by atoms with Gasteiger partial charge in [0.25, 0.3) is 0 Å². The lowest BCUT2D eigenvalue weighted by molar-refractivity contribution is 0.181. The van der Waals surface area contributed by atoms with Gasteiger partial charge in [0.15, 0.2) is 0 Å². The largest absolute Gasteiger partial charge is 0.496 e. The average molecular weight is 295 g/mol. The molecule has 3 nitrogen and oxygen atoms in total. The molecule has 0 aliphatic rings. The highest BCUT2D eigenvalue weighted by Crippen LogP contribution is 2.24. The molecule has 0 aliphatic heterocycles. The molecule has 1 atom stereocenters. The maximum absolute atomic E-state index is 5.34. The molecule has 1 rings (SSSR count). The van der Waals surface area contributed by atoms with Crippen molar-refractivity contribution in [2.24, 2.45) is 0 Å². The third kappa shape index (κ3) is 5.57. The van der Waals surface area contributed by atoms with E-state index in [0.717, 1.165) is 29.4 Å². The molecule has 4 heteroatoms. The SMILES string of the molecule is C=CCSCCNC(C)c1ccc(OC)c(COC)c1. The Labute approximate surface area is 126 Å². The number of methoxy groups -OCH3 is 2. The topological polar surface area (TPSA) is 30.5 Å². The number of rotatable bonds is 10. The molecule has 0 bridgehead atoms. The molecule has 0 saturated carbocycles. The normalized spacial score (nSPS) is 12.2. The van der Waals surface area contributed by atoms with Gasteiger partial charge in [-0.05, 0) is 24.6 Å². The first kappa shape index (κ1) is 17.1. The van der Waals surface area contributed by atoms with Crippen LogP contribution in [-0.4, -0.2) is 32.3 Å². The van der Waals surface area contributed by atoms with Crippen LogP contribution in [-0.2, 0) is 11.3 Å². The van der Waals surface area contributed by atoms with Crippen molar-refractivity contribution in [2.45, 2.75) is 19.6 Å². The van der Waals surface area contributed by atoms with Crippen molar-refractivity contribution in [1.29, 1.82) is 0 Å². The molecule has 0 aromatic heterocycles. The Balaban J connectivity index is 2.56. The first-order valence-electron chi connectivity index (χ1n) is 6.80. The van der Waals surface area contributed by atoms with E-state index < -0.39 is 0 Å². The summed E-state index contributed by atoms with van der Waals surface area (Å²) >= 11 is 1.89. The van der Waals surface area contributed by atoms with Crippen LogP contribution in [0.25, 0.3) is 0 Å². The highest BCUT2D eigenvalue weighted by atomic mass is 32.2. The van der Waals surface area contributed by atoms with Crippen LogP contribution in [0.3, 0.4) is 0 Å². The second-order valence-corrected chi connectivity index (χ2v) is 5.69. The van der Waals surface area contributed by atoms with E-state index in [1.807, 2.05) is 23.9 Å². The molecule has 0 amide bonds. The standard InChI is InChI=1S/C16H25NO2S/c1-5-9-20-10-8-17-13(2)14-6-7-16(19-4)15(11-14)12-18-3/h5-7,11,13,17H,1,8-10,12H2,2-4H3. The van der Waals surface area contributed by atoms with E-state index in [1.165, 1.54) is 5.56 Å². The van der Waals surface area contributed by atoms with Gasteiger partial charge in [-0.1, -0.05) is 12.1 Å². The molecule has 1 N–H and O–H groups in total. The van der Waals surface area contributed by atoms with Gasteiger partial charge in [-0.25, -0.2) is 0 Å². The Morgan fingerprint density at radius 3 is 2.85 bits per heavy atom. The minimum Gasteiger partial charge on any atom is -0.496 e. The van der Waals surface area contributed by atoms with Crippen molar-refractivity contribution in [1.82, 2.24) is 5.32 Å². The van der Waals surface area contributed by atoms with Crippen LogP contribution in [0.1, 0.15) is 24.1 Å². The van der Waals surface area contributed by atoms with E-state index in [1.54, 1.807) is 14.2 Å². The number of nitrogens with one attached hydrogen (secondary N) is 1. The summed E-state index contributed by atoms with van der Waals surface area (Å²) in [6, 6.07) is 6.58. The van der Waals surface area contributed by atoms with Crippen molar-refractivity contribution in [2.75, 3.05) is 32.3 Å². The number of ether oxygens (including phenoxy) is 2. The van der Waals surface area contributed by atoms with Crippen molar-refractivity contribution in [3.8, 4) is 5.75 Å². The zero-order valence-corrected chi connectivity index (χ0v) is 13.5. The lowest BCUT2D eigenvalue weighted by Crippen LogP contribution is -2.21. The number of hydrogen-bond acceptors (Lipinski definition) is 4. The lowest BCUT2D eigenvalue weighted by atomic mass is 10.0. The van der Waals surface area contributed by atoms with Gasteiger partial charge >= 0.3 is 0 Å². The van der Waals surface area contributed by atoms with Crippen LogP contribution >= 0.6 is 11.8 Å². The van der Waals surface area contributed by atoms with Gasteiger partial charge in [-0.15, -0.1) is 6.58 Å². The summed E-state index contributed by atoms with van der Waals surface area (Å²) in [5, 5.41) is 3.53.